The molecule has 2 aliphatic heterocycles. The highest BCUT2D eigenvalue weighted by atomic mass is 79.9. The van der Waals surface area contributed by atoms with Gasteiger partial charge in [-0.3, -0.25) is 10.2 Å². The quantitative estimate of drug-likeness (QED) is 0.442. The summed E-state index contributed by atoms with van der Waals surface area (Å²) in [6.07, 6.45) is 1.59. The number of ether oxygens (including phenoxy) is 2. The summed E-state index contributed by atoms with van der Waals surface area (Å²) in [6.45, 7) is 6.48. The van der Waals surface area contributed by atoms with Gasteiger partial charge in [0.05, 0.1) is 16.7 Å². The highest BCUT2D eigenvalue weighted by Crippen LogP contribution is 2.39. The highest BCUT2D eigenvalue weighted by molar-refractivity contribution is 9.10. The van der Waals surface area contributed by atoms with Crippen molar-refractivity contribution in [3.63, 3.8) is 0 Å². The third-order valence-corrected chi connectivity index (χ3v) is 6.70. The molecule has 2 aliphatic rings. The summed E-state index contributed by atoms with van der Waals surface area (Å²) in [4.78, 5) is 16.8. The number of nitrogens with one attached hydrogen (secondary N) is 1. The summed E-state index contributed by atoms with van der Waals surface area (Å²) in [6, 6.07) is 9.58. The smallest absolute Gasteiger partial charge is 0.283 e. The molecule has 0 fully saturated rings. The summed E-state index contributed by atoms with van der Waals surface area (Å²) in [5.41, 5.74) is 1.57. The number of hydrogen-bond acceptors (Lipinski definition) is 6. The fourth-order valence-corrected chi connectivity index (χ4v) is 4.68. The van der Waals surface area contributed by atoms with Crippen molar-refractivity contribution in [1.29, 1.82) is 5.41 Å². The van der Waals surface area contributed by atoms with Crippen LogP contribution in [0.2, 0.25) is 0 Å². The Morgan fingerprint density at radius 1 is 1.24 bits per heavy atom. The van der Waals surface area contributed by atoms with Crippen LogP contribution >= 0.6 is 27.7 Å². The van der Waals surface area contributed by atoms with Crippen molar-refractivity contribution in [1.82, 2.24) is 5.01 Å². The molecule has 7 nitrogen and oxygen atoms in total. The average Bonchev–Trinajstić information content (AvgIpc) is 3.22. The predicted molar refractivity (Wildman–Crippen MR) is 136 cm³/mol. The molecular weight excluding hydrogens is 523 g/mol. The van der Waals surface area contributed by atoms with Crippen LogP contribution in [0, 0.1) is 17.1 Å². The Hall–Kier alpha value is -2.98. The first-order chi connectivity index (χ1) is 16.3. The van der Waals surface area contributed by atoms with Crippen LogP contribution in [0.25, 0.3) is 6.08 Å². The number of aliphatic imine (C=N–C) groups is 1. The van der Waals surface area contributed by atoms with E-state index >= 15 is 0 Å². The third-order valence-electron chi connectivity index (χ3n) is 4.90. The van der Waals surface area contributed by atoms with E-state index in [1.54, 1.807) is 30.3 Å². The van der Waals surface area contributed by atoms with Gasteiger partial charge >= 0.3 is 0 Å². The Balaban J connectivity index is 1.62. The van der Waals surface area contributed by atoms with Crippen molar-refractivity contribution >= 4 is 55.7 Å². The number of benzene rings is 2. The molecule has 0 aromatic heterocycles. The lowest BCUT2D eigenvalue weighted by atomic mass is 10.1. The van der Waals surface area contributed by atoms with Gasteiger partial charge in [0.2, 0.25) is 5.17 Å². The van der Waals surface area contributed by atoms with Crippen molar-refractivity contribution in [2.45, 2.75) is 27.4 Å². The van der Waals surface area contributed by atoms with E-state index in [-0.39, 0.29) is 29.8 Å². The molecule has 2 aromatic carbocycles. The van der Waals surface area contributed by atoms with E-state index in [1.807, 2.05) is 20.8 Å². The molecule has 2 aromatic rings. The maximum absolute atomic E-state index is 13.2. The zero-order chi connectivity index (χ0) is 24.4. The van der Waals surface area contributed by atoms with Gasteiger partial charge in [0.15, 0.2) is 17.3 Å². The molecule has 10 heteroatoms. The van der Waals surface area contributed by atoms with Crippen LogP contribution in [0.4, 0.5) is 4.39 Å². The van der Waals surface area contributed by atoms with Crippen molar-refractivity contribution in [3.8, 4) is 11.5 Å². The minimum atomic E-state index is -0.491. The summed E-state index contributed by atoms with van der Waals surface area (Å²) >= 11 is 4.83. The lowest BCUT2D eigenvalue weighted by Crippen LogP contribution is -2.35. The topological polar surface area (TPSA) is 87.3 Å². The average molecular weight is 545 g/mol. The number of rotatable bonds is 7. The van der Waals surface area contributed by atoms with E-state index in [4.69, 9.17) is 14.9 Å². The molecule has 0 radical (unpaired) electrons. The van der Waals surface area contributed by atoms with E-state index in [1.165, 1.54) is 28.9 Å². The lowest BCUT2D eigenvalue weighted by molar-refractivity contribution is -0.114. The first kappa shape index (κ1) is 24.2. The van der Waals surface area contributed by atoms with Gasteiger partial charge in [0.1, 0.15) is 17.5 Å². The third kappa shape index (κ3) is 5.07. The summed E-state index contributed by atoms with van der Waals surface area (Å²) in [7, 11) is 0. The largest absolute Gasteiger partial charge is 0.490 e. The van der Waals surface area contributed by atoms with E-state index in [9.17, 15) is 9.18 Å². The molecule has 1 N–H and O–H groups in total. The number of carbonyl (C=O) groups is 1. The highest BCUT2D eigenvalue weighted by Gasteiger charge is 2.36. The minimum absolute atomic E-state index is 0.0242. The molecular formula is C24H22BrFN4O3S. The second kappa shape index (κ2) is 10.1. The monoisotopic (exact) mass is 544 g/mol. The van der Waals surface area contributed by atoms with E-state index in [2.05, 4.69) is 26.0 Å². The Morgan fingerprint density at radius 2 is 1.97 bits per heavy atom. The number of amides is 1. The predicted octanol–water partition coefficient (Wildman–Crippen LogP) is 5.84. The van der Waals surface area contributed by atoms with Crippen molar-refractivity contribution in [2.75, 3.05) is 6.61 Å². The Morgan fingerprint density at radius 3 is 2.65 bits per heavy atom. The van der Waals surface area contributed by atoms with Crippen LogP contribution in [0.5, 0.6) is 11.5 Å². The van der Waals surface area contributed by atoms with Crippen molar-refractivity contribution < 1.29 is 18.7 Å². The Kier molecular flexibility index (Phi) is 7.18. The van der Waals surface area contributed by atoms with Gasteiger partial charge in [0.25, 0.3) is 5.91 Å². The van der Waals surface area contributed by atoms with Gasteiger partial charge in [-0.05, 0) is 76.1 Å². The molecule has 1 amide bonds. The van der Waals surface area contributed by atoms with Gasteiger partial charge < -0.3 is 9.47 Å². The summed E-state index contributed by atoms with van der Waals surface area (Å²) in [5, 5.41) is 15.6. The molecule has 2 heterocycles. The first-order valence-corrected chi connectivity index (χ1v) is 12.2. The summed E-state index contributed by atoms with van der Waals surface area (Å²) < 4.78 is 25.5. The maximum atomic E-state index is 13.2. The summed E-state index contributed by atoms with van der Waals surface area (Å²) in [5.74, 6) is 0.303. The van der Waals surface area contributed by atoms with E-state index < -0.39 is 5.91 Å². The number of amidine groups is 2. The van der Waals surface area contributed by atoms with Gasteiger partial charge in [-0.1, -0.05) is 26.0 Å². The van der Waals surface area contributed by atoms with Gasteiger partial charge in [-0.2, -0.15) is 15.1 Å². The molecule has 0 atom stereocenters. The number of thioether (sulfide) groups is 1. The zero-order valence-corrected chi connectivity index (χ0v) is 21.2. The first-order valence-electron chi connectivity index (χ1n) is 10.6. The Labute approximate surface area is 209 Å². The second-order valence-electron chi connectivity index (χ2n) is 7.79. The molecule has 0 saturated carbocycles. The fourth-order valence-electron chi connectivity index (χ4n) is 3.22. The van der Waals surface area contributed by atoms with Crippen molar-refractivity contribution in [2.24, 2.45) is 16.0 Å². The van der Waals surface area contributed by atoms with E-state index in [0.29, 0.717) is 33.3 Å². The molecule has 0 saturated heterocycles. The molecule has 4 rings (SSSR count). The van der Waals surface area contributed by atoms with Gasteiger partial charge in [0, 0.05) is 5.92 Å². The number of carbonyl (C=O) groups excluding carboxylic acids is 1. The number of hydrogen-bond donors (Lipinski definition) is 1. The minimum Gasteiger partial charge on any atom is -0.490 e. The van der Waals surface area contributed by atoms with Crippen LogP contribution in [-0.2, 0) is 11.4 Å². The van der Waals surface area contributed by atoms with Gasteiger partial charge in [-0.15, -0.1) is 0 Å². The van der Waals surface area contributed by atoms with Crippen LogP contribution < -0.4 is 9.47 Å². The zero-order valence-electron chi connectivity index (χ0n) is 18.8. The number of fused-ring (bicyclic) bond motifs is 1. The SMILES string of the molecule is CCOc1cc(/C=C2/C(=N)N3N=C(C(C)C)SC3=NC2=O)cc(Br)c1OCc1ccc(F)cc1. The van der Waals surface area contributed by atoms with Crippen molar-refractivity contribution in [3.05, 3.63) is 63.4 Å². The van der Waals surface area contributed by atoms with Crippen LogP contribution in [0.3, 0.4) is 0 Å². The van der Waals surface area contributed by atoms with E-state index in [0.717, 1.165) is 10.6 Å². The molecule has 0 aliphatic carbocycles. The Bertz CT molecular complexity index is 1240. The molecule has 0 unspecified atom stereocenters. The van der Waals surface area contributed by atoms with Crippen LogP contribution in [0.15, 0.2) is 56.5 Å². The lowest BCUT2D eigenvalue weighted by Gasteiger charge is -2.20. The molecule has 0 spiro atoms. The second-order valence-corrected chi connectivity index (χ2v) is 9.63. The number of hydrazone groups is 1. The van der Waals surface area contributed by atoms with Gasteiger partial charge in [-0.25, -0.2) is 4.39 Å². The number of nitrogens with zero attached hydrogens (tertiary/aromatic N) is 3. The van der Waals surface area contributed by atoms with Crippen LogP contribution in [0.1, 0.15) is 31.9 Å². The normalized spacial score (nSPS) is 16.6. The standard InChI is InChI=1S/C24H22BrFN4O3S/c1-4-32-19-11-15(10-18(25)20(19)33-12-14-5-7-16(26)8-6-14)9-17-21(27)30-24(28-22(17)31)34-23(29-30)13(2)3/h5-11,13,27H,4,12H2,1-3H3/b17-9-,27-21?. The molecule has 34 heavy (non-hydrogen) atoms. The number of halogens is 2. The maximum Gasteiger partial charge on any atom is 0.283 e. The van der Waals surface area contributed by atoms with Crippen LogP contribution in [-0.4, -0.2) is 33.6 Å². The molecule has 0 bridgehead atoms. The molecule has 176 valence electrons. The fraction of sp³-hybridized carbons (Fsp3) is 0.250.